The van der Waals surface area contributed by atoms with Crippen LogP contribution in [0.15, 0.2) is 46.9 Å². The third kappa shape index (κ3) is 3.91. The number of aliphatic hydroxyl groups is 1. The molecule has 6 heteroatoms. The lowest BCUT2D eigenvalue weighted by atomic mass is 10.2. The fraction of sp³-hybridized carbons (Fsp3) is 0.381. The maximum absolute atomic E-state index is 9.72. The molecule has 0 spiro atoms. The van der Waals surface area contributed by atoms with E-state index in [9.17, 15) is 5.11 Å². The summed E-state index contributed by atoms with van der Waals surface area (Å²) in [5.74, 6) is 2.68. The van der Waals surface area contributed by atoms with Crippen LogP contribution >= 0.6 is 0 Å². The standard InChI is InChI=1S/C21H25N3O3/c1-3-26-18-6-4-16(5-7-18)21-9-8-19(27-21)14-23-10-11-24-17(13-23)12-20(22-24)15(2)25/h4-9,12,15,25H,3,10-11,13-14H2,1-2H3/t15-/m1/s1. The molecule has 6 nitrogen and oxygen atoms in total. The van der Waals surface area contributed by atoms with E-state index < -0.39 is 6.10 Å². The largest absolute Gasteiger partial charge is 0.494 e. The van der Waals surface area contributed by atoms with Crippen LogP contribution < -0.4 is 4.74 Å². The van der Waals surface area contributed by atoms with E-state index in [0.717, 1.165) is 60.4 Å². The van der Waals surface area contributed by atoms with Crippen molar-refractivity contribution in [2.45, 2.75) is 39.6 Å². The van der Waals surface area contributed by atoms with Gasteiger partial charge in [0.15, 0.2) is 0 Å². The molecule has 0 aliphatic carbocycles. The lowest BCUT2D eigenvalue weighted by Crippen LogP contribution is -2.33. The van der Waals surface area contributed by atoms with Crippen molar-refractivity contribution in [1.29, 1.82) is 0 Å². The quantitative estimate of drug-likeness (QED) is 0.721. The lowest BCUT2D eigenvalue weighted by Gasteiger charge is -2.26. The van der Waals surface area contributed by atoms with Gasteiger partial charge in [-0.3, -0.25) is 9.58 Å². The Hall–Kier alpha value is -2.57. The smallest absolute Gasteiger partial charge is 0.134 e. The first-order chi connectivity index (χ1) is 13.1. The Labute approximate surface area is 159 Å². The molecule has 142 valence electrons. The van der Waals surface area contributed by atoms with Crippen molar-refractivity contribution < 1.29 is 14.3 Å². The Morgan fingerprint density at radius 2 is 2.00 bits per heavy atom. The number of benzene rings is 1. The average molecular weight is 367 g/mol. The summed E-state index contributed by atoms with van der Waals surface area (Å²) < 4.78 is 13.5. The maximum atomic E-state index is 9.72. The van der Waals surface area contributed by atoms with Gasteiger partial charge in [-0.15, -0.1) is 0 Å². The van der Waals surface area contributed by atoms with Gasteiger partial charge in [0.1, 0.15) is 17.3 Å². The number of rotatable bonds is 6. The second-order valence-electron chi connectivity index (χ2n) is 6.89. The van der Waals surface area contributed by atoms with Crippen LogP contribution in [0.25, 0.3) is 11.3 Å². The van der Waals surface area contributed by atoms with Gasteiger partial charge < -0.3 is 14.3 Å². The maximum Gasteiger partial charge on any atom is 0.134 e. The second-order valence-corrected chi connectivity index (χ2v) is 6.89. The summed E-state index contributed by atoms with van der Waals surface area (Å²) >= 11 is 0. The highest BCUT2D eigenvalue weighted by Gasteiger charge is 2.20. The number of fused-ring (bicyclic) bond motifs is 1. The number of aromatic nitrogens is 2. The van der Waals surface area contributed by atoms with Crippen molar-refractivity contribution in [3.8, 4) is 17.1 Å². The predicted molar refractivity (Wildman–Crippen MR) is 102 cm³/mol. The zero-order valence-electron chi connectivity index (χ0n) is 15.8. The first-order valence-electron chi connectivity index (χ1n) is 9.41. The minimum atomic E-state index is -0.529. The van der Waals surface area contributed by atoms with Gasteiger partial charge in [-0.1, -0.05) is 0 Å². The van der Waals surface area contributed by atoms with Crippen LogP contribution in [-0.2, 0) is 19.6 Å². The molecule has 4 rings (SSSR count). The van der Waals surface area contributed by atoms with E-state index in [0.29, 0.717) is 6.61 Å². The van der Waals surface area contributed by atoms with E-state index >= 15 is 0 Å². The van der Waals surface area contributed by atoms with E-state index in [1.165, 1.54) is 0 Å². The summed E-state index contributed by atoms with van der Waals surface area (Å²) in [7, 11) is 0. The molecule has 1 atom stereocenters. The molecule has 2 aromatic heterocycles. The van der Waals surface area contributed by atoms with Crippen molar-refractivity contribution in [3.05, 3.63) is 59.6 Å². The summed E-state index contributed by atoms with van der Waals surface area (Å²) in [5, 5.41) is 14.2. The molecule has 3 aromatic rings. The molecule has 0 radical (unpaired) electrons. The normalized spacial score (nSPS) is 15.5. The number of hydrogen-bond acceptors (Lipinski definition) is 5. The Morgan fingerprint density at radius 3 is 2.74 bits per heavy atom. The summed E-state index contributed by atoms with van der Waals surface area (Å²) in [6.45, 7) is 7.69. The number of furan rings is 1. The van der Waals surface area contributed by atoms with Crippen LogP contribution in [0.5, 0.6) is 5.75 Å². The summed E-state index contributed by atoms with van der Waals surface area (Å²) in [5.41, 5.74) is 2.92. The molecule has 1 N–H and O–H groups in total. The van der Waals surface area contributed by atoms with Crippen LogP contribution in [0.2, 0.25) is 0 Å². The van der Waals surface area contributed by atoms with Crippen LogP contribution in [-0.4, -0.2) is 32.9 Å². The third-order valence-corrected chi connectivity index (χ3v) is 4.81. The Morgan fingerprint density at radius 1 is 1.19 bits per heavy atom. The van der Waals surface area contributed by atoms with Crippen LogP contribution in [0.4, 0.5) is 0 Å². The molecule has 0 unspecified atom stereocenters. The first kappa shape index (κ1) is 17.8. The number of hydrogen-bond donors (Lipinski definition) is 1. The highest BCUT2D eigenvalue weighted by molar-refractivity contribution is 5.58. The Kier molecular flexibility index (Phi) is 5.01. The van der Waals surface area contributed by atoms with Crippen LogP contribution in [0, 0.1) is 0 Å². The molecule has 0 bridgehead atoms. The Bertz CT molecular complexity index is 896. The Balaban J connectivity index is 1.42. The molecule has 0 saturated carbocycles. The monoisotopic (exact) mass is 367 g/mol. The summed E-state index contributed by atoms with van der Waals surface area (Å²) in [6, 6.07) is 14.0. The zero-order chi connectivity index (χ0) is 18.8. The molecule has 1 aliphatic heterocycles. The van der Waals surface area contributed by atoms with Crippen molar-refractivity contribution in [2.75, 3.05) is 13.2 Å². The van der Waals surface area contributed by atoms with Crippen molar-refractivity contribution >= 4 is 0 Å². The molecular formula is C21H25N3O3. The minimum absolute atomic E-state index is 0.529. The van der Waals surface area contributed by atoms with Crippen molar-refractivity contribution in [1.82, 2.24) is 14.7 Å². The van der Waals surface area contributed by atoms with Gasteiger partial charge in [0, 0.05) is 18.7 Å². The summed E-state index contributed by atoms with van der Waals surface area (Å²) in [4.78, 5) is 2.34. The highest BCUT2D eigenvalue weighted by Crippen LogP contribution is 2.26. The van der Waals surface area contributed by atoms with Gasteiger partial charge in [0.2, 0.25) is 0 Å². The van der Waals surface area contributed by atoms with Crippen LogP contribution in [0.3, 0.4) is 0 Å². The van der Waals surface area contributed by atoms with Gasteiger partial charge in [-0.2, -0.15) is 5.10 Å². The van der Waals surface area contributed by atoms with Crippen molar-refractivity contribution in [3.63, 3.8) is 0 Å². The van der Waals surface area contributed by atoms with Gasteiger partial charge in [0.25, 0.3) is 0 Å². The van der Waals surface area contributed by atoms with Crippen molar-refractivity contribution in [2.24, 2.45) is 0 Å². The topological polar surface area (TPSA) is 63.7 Å². The van der Waals surface area contributed by atoms with Gasteiger partial charge in [-0.05, 0) is 56.3 Å². The number of aliphatic hydroxyl groups excluding tert-OH is 1. The molecule has 0 amide bonds. The van der Waals surface area contributed by atoms with E-state index in [2.05, 4.69) is 10.00 Å². The molecule has 1 aromatic carbocycles. The molecule has 0 fully saturated rings. The second kappa shape index (κ2) is 7.58. The fourth-order valence-corrected chi connectivity index (χ4v) is 3.40. The van der Waals surface area contributed by atoms with E-state index in [1.54, 1.807) is 6.92 Å². The van der Waals surface area contributed by atoms with E-state index in [-0.39, 0.29) is 0 Å². The SMILES string of the molecule is CCOc1ccc(-c2ccc(CN3CCn4nc([C@@H](C)O)cc4C3)o2)cc1. The van der Waals surface area contributed by atoms with Gasteiger partial charge >= 0.3 is 0 Å². The predicted octanol–water partition coefficient (Wildman–Crippen LogP) is 3.61. The number of ether oxygens (including phenoxy) is 1. The van der Waals surface area contributed by atoms with Crippen LogP contribution in [0.1, 0.15) is 37.1 Å². The third-order valence-electron chi connectivity index (χ3n) is 4.81. The molecular weight excluding hydrogens is 342 g/mol. The van der Waals surface area contributed by atoms with E-state index in [4.69, 9.17) is 9.15 Å². The van der Waals surface area contributed by atoms with Gasteiger partial charge in [-0.25, -0.2) is 0 Å². The minimum Gasteiger partial charge on any atom is -0.494 e. The fourth-order valence-electron chi connectivity index (χ4n) is 3.40. The van der Waals surface area contributed by atoms with Gasteiger partial charge in [0.05, 0.1) is 37.2 Å². The lowest BCUT2D eigenvalue weighted by molar-refractivity contribution is 0.185. The molecule has 0 saturated heterocycles. The molecule has 1 aliphatic rings. The summed E-state index contributed by atoms with van der Waals surface area (Å²) in [6.07, 6.45) is -0.529. The highest BCUT2D eigenvalue weighted by atomic mass is 16.5. The van der Waals surface area contributed by atoms with E-state index in [1.807, 2.05) is 54.1 Å². The number of nitrogens with zero attached hydrogens (tertiary/aromatic N) is 3. The zero-order valence-corrected chi connectivity index (χ0v) is 15.8. The molecule has 3 heterocycles. The molecule has 27 heavy (non-hydrogen) atoms. The average Bonchev–Trinajstić information content (AvgIpc) is 3.29. The first-order valence-corrected chi connectivity index (χ1v) is 9.41.